The Hall–Kier alpha value is -3.68. The normalized spacial score (nSPS) is 10.3. The molecular formula is C18H17N3O5. The zero-order valence-electron chi connectivity index (χ0n) is 14.0. The third-order valence-electron chi connectivity index (χ3n) is 3.26. The van der Waals surface area contributed by atoms with Gasteiger partial charge in [0.05, 0.1) is 11.5 Å². The molecule has 0 unspecified atom stereocenters. The lowest BCUT2D eigenvalue weighted by Gasteiger charge is -2.06. The summed E-state index contributed by atoms with van der Waals surface area (Å²) in [7, 11) is 0. The highest BCUT2D eigenvalue weighted by molar-refractivity contribution is 5.97. The van der Waals surface area contributed by atoms with Crippen molar-refractivity contribution >= 4 is 23.6 Å². The van der Waals surface area contributed by atoms with Crippen LogP contribution in [-0.4, -0.2) is 23.3 Å². The molecule has 8 nitrogen and oxygen atoms in total. The highest BCUT2D eigenvalue weighted by atomic mass is 16.6. The van der Waals surface area contributed by atoms with Crippen molar-refractivity contribution in [2.24, 2.45) is 0 Å². The lowest BCUT2D eigenvalue weighted by molar-refractivity contribution is -0.384. The zero-order chi connectivity index (χ0) is 18.9. The fraction of sp³-hybridized carbons (Fsp3) is 0.111. The van der Waals surface area contributed by atoms with Crippen LogP contribution in [-0.2, 0) is 4.79 Å². The maximum Gasteiger partial charge on any atom is 0.269 e. The Morgan fingerprint density at radius 2 is 1.73 bits per heavy atom. The molecule has 134 valence electrons. The molecule has 0 heterocycles. The molecule has 0 saturated heterocycles. The molecule has 2 aromatic rings. The molecule has 26 heavy (non-hydrogen) atoms. The van der Waals surface area contributed by atoms with Crippen molar-refractivity contribution in [3.8, 4) is 5.75 Å². The van der Waals surface area contributed by atoms with E-state index in [1.54, 1.807) is 24.3 Å². The van der Waals surface area contributed by atoms with Crippen LogP contribution in [0.15, 0.2) is 54.6 Å². The van der Waals surface area contributed by atoms with Crippen LogP contribution in [0, 0.1) is 10.1 Å². The van der Waals surface area contributed by atoms with Crippen molar-refractivity contribution in [2.45, 2.75) is 6.92 Å². The summed E-state index contributed by atoms with van der Waals surface area (Å²) in [6.45, 7) is 2.39. The van der Waals surface area contributed by atoms with Crippen LogP contribution < -0.4 is 15.6 Å². The first-order valence-electron chi connectivity index (χ1n) is 7.75. The van der Waals surface area contributed by atoms with E-state index in [9.17, 15) is 19.7 Å². The number of nitro groups is 1. The van der Waals surface area contributed by atoms with E-state index in [4.69, 9.17) is 4.74 Å². The molecule has 0 bridgehead atoms. The zero-order valence-corrected chi connectivity index (χ0v) is 14.0. The number of carbonyl (C=O) groups excluding carboxylic acids is 2. The number of nitrogens with zero attached hydrogens (tertiary/aromatic N) is 1. The van der Waals surface area contributed by atoms with Gasteiger partial charge in [0.15, 0.2) is 0 Å². The first kappa shape index (κ1) is 18.7. The predicted molar refractivity (Wildman–Crippen MR) is 95.4 cm³/mol. The molecule has 0 fully saturated rings. The Balaban J connectivity index is 1.85. The van der Waals surface area contributed by atoms with Gasteiger partial charge in [0, 0.05) is 23.8 Å². The third kappa shape index (κ3) is 5.45. The summed E-state index contributed by atoms with van der Waals surface area (Å²) in [4.78, 5) is 33.7. The van der Waals surface area contributed by atoms with Crippen molar-refractivity contribution in [3.63, 3.8) is 0 Å². The Kier molecular flexibility index (Phi) is 6.44. The van der Waals surface area contributed by atoms with Gasteiger partial charge in [-0.3, -0.25) is 30.6 Å². The quantitative estimate of drug-likeness (QED) is 0.470. The molecule has 2 rings (SSSR count). The molecule has 0 saturated carbocycles. The van der Waals surface area contributed by atoms with Gasteiger partial charge in [-0.1, -0.05) is 0 Å². The second kappa shape index (κ2) is 8.97. The van der Waals surface area contributed by atoms with E-state index >= 15 is 0 Å². The monoisotopic (exact) mass is 355 g/mol. The number of benzene rings is 2. The summed E-state index contributed by atoms with van der Waals surface area (Å²) in [5.74, 6) is -0.355. The topological polar surface area (TPSA) is 111 Å². The van der Waals surface area contributed by atoms with Crippen LogP contribution in [0.2, 0.25) is 0 Å². The van der Waals surface area contributed by atoms with Gasteiger partial charge >= 0.3 is 0 Å². The molecule has 0 radical (unpaired) electrons. The molecule has 2 amide bonds. The average molecular weight is 355 g/mol. The van der Waals surface area contributed by atoms with Crippen molar-refractivity contribution < 1.29 is 19.2 Å². The van der Waals surface area contributed by atoms with Crippen LogP contribution in [0.4, 0.5) is 5.69 Å². The Morgan fingerprint density at radius 1 is 1.08 bits per heavy atom. The van der Waals surface area contributed by atoms with E-state index in [2.05, 4.69) is 10.9 Å². The second-order valence-corrected chi connectivity index (χ2v) is 5.08. The molecule has 0 aliphatic carbocycles. The smallest absolute Gasteiger partial charge is 0.269 e. The standard InChI is InChI=1S/C18H17N3O5/c1-2-26-16-10-6-14(7-11-16)18(23)20-19-17(22)12-5-13-3-8-15(9-4-13)21(24)25/h3-12H,2H2,1H3,(H,19,22)(H,20,23)/b12-5+. The highest BCUT2D eigenvalue weighted by Crippen LogP contribution is 2.13. The maximum absolute atomic E-state index is 11.9. The highest BCUT2D eigenvalue weighted by Gasteiger charge is 2.06. The first-order chi connectivity index (χ1) is 12.5. The predicted octanol–water partition coefficient (Wildman–Crippen LogP) is 2.47. The van der Waals surface area contributed by atoms with Gasteiger partial charge in [0.25, 0.3) is 17.5 Å². The van der Waals surface area contributed by atoms with Crippen LogP contribution in [0.5, 0.6) is 5.75 Å². The minimum absolute atomic E-state index is 0.0331. The number of nitro benzene ring substituents is 1. The van der Waals surface area contributed by atoms with Gasteiger partial charge in [-0.15, -0.1) is 0 Å². The lowest BCUT2D eigenvalue weighted by atomic mass is 10.2. The molecule has 0 aromatic heterocycles. The number of ether oxygens (including phenoxy) is 1. The van der Waals surface area contributed by atoms with Gasteiger partial charge in [-0.05, 0) is 55.0 Å². The van der Waals surface area contributed by atoms with Crippen molar-refractivity contribution in [2.75, 3.05) is 6.61 Å². The fourth-order valence-electron chi connectivity index (χ4n) is 1.98. The first-order valence-corrected chi connectivity index (χ1v) is 7.75. The summed E-state index contributed by atoms with van der Waals surface area (Å²) < 4.78 is 5.29. The van der Waals surface area contributed by atoms with E-state index in [1.807, 2.05) is 6.92 Å². The number of carbonyl (C=O) groups is 2. The van der Waals surface area contributed by atoms with Gasteiger partial charge in [0.2, 0.25) is 0 Å². The Morgan fingerprint density at radius 3 is 2.31 bits per heavy atom. The van der Waals surface area contributed by atoms with Crippen LogP contribution in [0.3, 0.4) is 0 Å². The van der Waals surface area contributed by atoms with Crippen molar-refractivity contribution in [1.82, 2.24) is 10.9 Å². The van der Waals surface area contributed by atoms with Crippen LogP contribution in [0.1, 0.15) is 22.8 Å². The molecule has 0 spiro atoms. The molecule has 0 atom stereocenters. The average Bonchev–Trinajstić information content (AvgIpc) is 2.65. The summed E-state index contributed by atoms with van der Waals surface area (Å²) in [5.41, 5.74) is 5.50. The number of amides is 2. The summed E-state index contributed by atoms with van der Waals surface area (Å²) in [5, 5.41) is 10.6. The number of nitrogens with one attached hydrogen (secondary N) is 2. The third-order valence-corrected chi connectivity index (χ3v) is 3.26. The van der Waals surface area contributed by atoms with Crippen molar-refractivity contribution in [1.29, 1.82) is 0 Å². The number of hydrogen-bond acceptors (Lipinski definition) is 5. The summed E-state index contributed by atoms with van der Waals surface area (Å²) >= 11 is 0. The molecule has 2 N–H and O–H groups in total. The lowest BCUT2D eigenvalue weighted by Crippen LogP contribution is -2.40. The van der Waals surface area contributed by atoms with E-state index in [-0.39, 0.29) is 5.69 Å². The molecule has 0 aliphatic rings. The summed E-state index contributed by atoms with van der Waals surface area (Å²) in [6.07, 6.45) is 2.68. The van der Waals surface area contributed by atoms with E-state index in [0.29, 0.717) is 23.5 Å². The maximum atomic E-state index is 11.9. The molecule has 0 aliphatic heterocycles. The van der Waals surface area contributed by atoms with Crippen molar-refractivity contribution in [3.05, 3.63) is 75.8 Å². The summed E-state index contributed by atoms with van der Waals surface area (Å²) in [6, 6.07) is 12.2. The Bertz CT molecular complexity index is 814. The molecular weight excluding hydrogens is 338 g/mol. The van der Waals surface area contributed by atoms with Crippen LogP contribution in [0.25, 0.3) is 6.08 Å². The number of non-ortho nitro benzene ring substituents is 1. The van der Waals surface area contributed by atoms with Crippen LogP contribution >= 0.6 is 0 Å². The molecule has 8 heteroatoms. The number of hydrogen-bond donors (Lipinski definition) is 2. The fourth-order valence-corrected chi connectivity index (χ4v) is 1.98. The van der Waals surface area contributed by atoms with E-state index in [0.717, 1.165) is 0 Å². The largest absolute Gasteiger partial charge is 0.494 e. The minimum atomic E-state index is -0.539. The van der Waals surface area contributed by atoms with Gasteiger partial charge in [-0.2, -0.15) is 0 Å². The van der Waals surface area contributed by atoms with Gasteiger partial charge < -0.3 is 4.74 Å². The Labute approximate surface area is 149 Å². The van der Waals surface area contributed by atoms with E-state index in [1.165, 1.54) is 36.4 Å². The number of rotatable bonds is 6. The molecule has 2 aromatic carbocycles. The number of hydrazine groups is 1. The van der Waals surface area contributed by atoms with Gasteiger partial charge in [-0.25, -0.2) is 0 Å². The van der Waals surface area contributed by atoms with Gasteiger partial charge in [0.1, 0.15) is 5.75 Å². The minimum Gasteiger partial charge on any atom is -0.494 e. The second-order valence-electron chi connectivity index (χ2n) is 5.08. The SMILES string of the molecule is CCOc1ccc(C(=O)NNC(=O)/C=C/c2ccc([N+](=O)[O-])cc2)cc1. The van der Waals surface area contributed by atoms with E-state index < -0.39 is 16.7 Å².